The van der Waals surface area contributed by atoms with Gasteiger partial charge in [-0.15, -0.1) is 0 Å². The Bertz CT molecular complexity index is 1230. The van der Waals surface area contributed by atoms with Gasteiger partial charge in [0.1, 0.15) is 10.6 Å². The average Bonchev–Trinajstić information content (AvgIpc) is 3.14. The Labute approximate surface area is 185 Å². The summed E-state index contributed by atoms with van der Waals surface area (Å²) in [4.78, 5) is 21.3. The lowest BCUT2D eigenvalue weighted by Gasteiger charge is -2.32. The minimum Gasteiger partial charge on any atom is -0.495 e. The van der Waals surface area contributed by atoms with Crippen LogP contribution in [0.5, 0.6) is 5.75 Å². The van der Waals surface area contributed by atoms with Crippen LogP contribution in [0.25, 0.3) is 10.2 Å². The molecule has 2 heterocycles. The second-order valence-electron chi connectivity index (χ2n) is 7.56. The summed E-state index contributed by atoms with van der Waals surface area (Å²) in [5.74, 6) is 0.245. The first kappa shape index (κ1) is 21.5. The number of hydrogen-bond donors (Lipinski definition) is 1. The molecular weight excluding hydrogens is 436 g/mol. The van der Waals surface area contributed by atoms with Crippen molar-refractivity contribution in [3.05, 3.63) is 47.5 Å². The summed E-state index contributed by atoms with van der Waals surface area (Å²) in [5.41, 5.74) is 2.02. The Kier molecular flexibility index (Phi) is 5.87. The number of nitrogens with zero attached hydrogens (tertiary/aromatic N) is 3. The summed E-state index contributed by atoms with van der Waals surface area (Å²) in [7, 11) is -0.409. The van der Waals surface area contributed by atoms with Crippen LogP contribution in [0.4, 0.5) is 5.13 Å². The molecule has 1 N–H and O–H groups in total. The molecule has 0 radical (unpaired) electrons. The van der Waals surface area contributed by atoms with Crippen molar-refractivity contribution in [2.24, 2.45) is 0 Å². The number of aryl methyl sites for hydroxylation is 1. The molecule has 4 rings (SSSR count). The fourth-order valence-electron chi connectivity index (χ4n) is 3.46. The third kappa shape index (κ3) is 4.51. The zero-order valence-electron chi connectivity index (χ0n) is 17.6. The predicted octanol–water partition coefficient (Wildman–Crippen LogP) is 2.80. The smallest absolute Gasteiger partial charge is 0.267 e. The molecule has 1 amide bonds. The standard InChI is InChI=1S/C21H24N4O4S2/c1-14-4-7-17(29-3)19(12-14)31(27,28)23-21-22-16-6-5-15(13-18(16)30-21)20(26)25-10-8-24(2)9-11-25/h4-7,12-13H,8-11H2,1-3H3,(H,22,23). The summed E-state index contributed by atoms with van der Waals surface area (Å²) in [6, 6.07) is 10.2. The molecule has 10 heteroatoms. The Morgan fingerprint density at radius 1 is 1.13 bits per heavy atom. The van der Waals surface area contributed by atoms with Crippen molar-refractivity contribution in [1.82, 2.24) is 14.8 Å². The van der Waals surface area contributed by atoms with E-state index in [1.165, 1.54) is 18.4 Å². The van der Waals surface area contributed by atoms with E-state index >= 15 is 0 Å². The number of nitrogens with one attached hydrogen (secondary N) is 1. The number of fused-ring (bicyclic) bond motifs is 1. The monoisotopic (exact) mass is 460 g/mol. The van der Waals surface area contributed by atoms with Gasteiger partial charge in [-0.3, -0.25) is 9.52 Å². The van der Waals surface area contributed by atoms with Gasteiger partial charge >= 0.3 is 0 Å². The summed E-state index contributed by atoms with van der Waals surface area (Å²) in [6.07, 6.45) is 0. The Balaban J connectivity index is 1.59. The topological polar surface area (TPSA) is 91.8 Å². The minimum atomic E-state index is -3.88. The van der Waals surface area contributed by atoms with Crippen molar-refractivity contribution in [1.29, 1.82) is 0 Å². The number of likely N-dealkylation sites (N-methyl/N-ethyl adjacent to an activating group) is 1. The van der Waals surface area contributed by atoms with E-state index in [-0.39, 0.29) is 21.7 Å². The van der Waals surface area contributed by atoms with Crippen LogP contribution in [0.2, 0.25) is 0 Å². The van der Waals surface area contributed by atoms with Gasteiger partial charge in [0.2, 0.25) is 0 Å². The van der Waals surface area contributed by atoms with Gasteiger partial charge in [0, 0.05) is 31.7 Å². The molecule has 0 atom stereocenters. The van der Waals surface area contributed by atoms with Crippen LogP contribution in [-0.2, 0) is 10.0 Å². The lowest BCUT2D eigenvalue weighted by molar-refractivity contribution is 0.0664. The number of methoxy groups -OCH3 is 1. The van der Waals surface area contributed by atoms with E-state index in [0.29, 0.717) is 24.2 Å². The first-order valence-electron chi connectivity index (χ1n) is 9.83. The number of benzene rings is 2. The van der Waals surface area contributed by atoms with Crippen LogP contribution in [0.3, 0.4) is 0 Å². The second-order valence-corrected chi connectivity index (χ2v) is 10.2. The Morgan fingerprint density at radius 2 is 1.87 bits per heavy atom. The molecular formula is C21H24N4O4S2. The summed E-state index contributed by atoms with van der Waals surface area (Å²) in [6.45, 7) is 4.90. The zero-order chi connectivity index (χ0) is 22.2. The van der Waals surface area contributed by atoms with Gasteiger partial charge in [-0.2, -0.15) is 0 Å². The van der Waals surface area contributed by atoms with Crippen molar-refractivity contribution in [2.75, 3.05) is 45.1 Å². The maximum Gasteiger partial charge on any atom is 0.267 e. The highest BCUT2D eigenvalue weighted by Gasteiger charge is 2.23. The largest absolute Gasteiger partial charge is 0.495 e. The van der Waals surface area contributed by atoms with Gasteiger partial charge in [0.05, 0.1) is 17.3 Å². The van der Waals surface area contributed by atoms with E-state index in [4.69, 9.17) is 4.74 Å². The Hall–Kier alpha value is -2.69. The summed E-state index contributed by atoms with van der Waals surface area (Å²) < 4.78 is 34.4. The van der Waals surface area contributed by atoms with Gasteiger partial charge < -0.3 is 14.5 Å². The average molecular weight is 461 g/mol. The van der Waals surface area contributed by atoms with E-state index in [1.54, 1.807) is 36.4 Å². The minimum absolute atomic E-state index is 0.0185. The number of ether oxygens (including phenoxy) is 1. The third-order valence-electron chi connectivity index (χ3n) is 5.26. The van der Waals surface area contributed by atoms with E-state index in [9.17, 15) is 13.2 Å². The van der Waals surface area contributed by atoms with E-state index in [1.807, 2.05) is 18.9 Å². The molecule has 1 aromatic heterocycles. The number of aromatic nitrogens is 1. The van der Waals surface area contributed by atoms with Crippen molar-refractivity contribution < 1.29 is 17.9 Å². The lowest BCUT2D eigenvalue weighted by Crippen LogP contribution is -2.47. The van der Waals surface area contributed by atoms with Gasteiger partial charge in [-0.05, 0) is 49.9 Å². The van der Waals surface area contributed by atoms with E-state index in [2.05, 4.69) is 14.6 Å². The lowest BCUT2D eigenvalue weighted by atomic mass is 10.1. The van der Waals surface area contributed by atoms with Crippen molar-refractivity contribution in [3.8, 4) is 5.75 Å². The number of thiazole rings is 1. The van der Waals surface area contributed by atoms with Crippen LogP contribution in [0, 0.1) is 6.92 Å². The third-order valence-corrected chi connectivity index (χ3v) is 7.68. The van der Waals surface area contributed by atoms with Crippen molar-refractivity contribution >= 4 is 42.6 Å². The molecule has 3 aromatic rings. The quantitative estimate of drug-likeness (QED) is 0.630. The molecule has 1 aliphatic rings. The van der Waals surface area contributed by atoms with Gasteiger partial charge in [0.25, 0.3) is 15.9 Å². The first-order valence-corrected chi connectivity index (χ1v) is 12.1. The molecule has 0 aliphatic carbocycles. The van der Waals surface area contributed by atoms with Crippen LogP contribution in [-0.4, -0.2) is 69.4 Å². The first-order chi connectivity index (χ1) is 14.8. The summed E-state index contributed by atoms with van der Waals surface area (Å²) in [5, 5.41) is 0.239. The SMILES string of the molecule is COc1ccc(C)cc1S(=O)(=O)Nc1nc2ccc(C(=O)N3CCN(C)CC3)cc2s1. The Morgan fingerprint density at radius 3 is 2.58 bits per heavy atom. The van der Waals surface area contributed by atoms with Gasteiger partial charge in [-0.25, -0.2) is 13.4 Å². The number of carbonyl (C=O) groups is 1. The normalized spacial score (nSPS) is 15.3. The van der Waals surface area contributed by atoms with Crippen LogP contribution in [0.15, 0.2) is 41.3 Å². The highest BCUT2D eigenvalue weighted by molar-refractivity contribution is 7.93. The maximum atomic E-state index is 12.9. The van der Waals surface area contributed by atoms with Crippen LogP contribution >= 0.6 is 11.3 Å². The number of amides is 1. The van der Waals surface area contributed by atoms with Crippen LogP contribution < -0.4 is 9.46 Å². The molecule has 0 unspecified atom stereocenters. The molecule has 1 aliphatic heterocycles. The van der Waals surface area contributed by atoms with E-state index < -0.39 is 10.0 Å². The van der Waals surface area contributed by atoms with E-state index in [0.717, 1.165) is 23.4 Å². The fourth-order valence-corrected chi connectivity index (χ4v) is 5.85. The second kappa shape index (κ2) is 8.45. The molecule has 0 spiro atoms. The molecule has 1 fully saturated rings. The van der Waals surface area contributed by atoms with Crippen molar-refractivity contribution in [2.45, 2.75) is 11.8 Å². The number of sulfonamides is 1. The number of carbonyl (C=O) groups excluding carboxylic acids is 1. The van der Waals surface area contributed by atoms with Gasteiger partial charge in [-0.1, -0.05) is 17.4 Å². The molecule has 0 saturated carbocycles. The molecule has 164 valence electrons. The number of rotatable bonds is 5. The van der Waals surface area contributed by atoms with Crippen LogP contribution in [0.1, 0.15) is 15.9 Å². The zero-order valence-corrected chi connectivity index (χ0v) is 19.2. The number of hydrogen-bond acceptors (Lipinski definition) is 7. The highest BCUT2D eigenvalue weighted by atomic mass is 32.2. The van der Waals surface area contributed by atoms with Crippen molar-refractivity contribution in [3.63, 3.8) is 0 Å². The number of piperazine rings is 1. The molecule has 1 saturated heterocycles. The molecule has 0 bridgehead atoms. The maximum absolute atomic E-state index is 12.9. The summed E-state index contributed by atoms with van der Waals surface area (Å²) >= 11 is 1.19. The van der Waals surface area contributed by atoms with Gasteiger partial charge in [0.15, 0.2) is 5.13 Å². The predicted molar refractivity (Wildman–Crippen MR) is 122 cm³/mol. The fraction of sp³-hybridized carbons (Fsp3) is 0.333. The molecule has 2 aromatic carbocycles. The number of anilines is 1. The molecule has 31 heavy (non-hydrogen) atoms. The molecule has 8 nitrogen and oxygen atoms in total. The highest BCUT2D eigenvalue weighted by Crippen LogP contribution is 2.31.